The Labute approximate surface area is 177 Å². The fourth-order valence-corrected chi connectivity index (χ4v) is 3.84. The minimum absolute atomic E-state index is 0.0493. The second kappa shape index (κ2) is 10.2. The van der Waals surface area contributed by atoms with E-state index in [1.165, 1.54) is 30.0 Å². The topological polar surface area (TPSA) is 92.3 Å². The molecular weight excluding hydrogens is 411 g/mol. The predicted molar refractivity (Wildman–Crippen MR) is 110 cm³/mol. The van der Waals surface area contributed by atoms with Crippen molar-refractivity contribution in [1.29, 1.82) is 0 Å². The molecule has 0 aliphatic heterocycles. The molecule has 0 aliphatic carbocycles. The molecule has 0 N–H and O–H groups in total. The van der Waals surface area contributed by atoms with Crippen LogP contribution in [0.2, 0.25) is 0 Å². The molecule has 158 valence electrons. The Morgan fingerprint density at radius 1 is 1.20 bits per heavy atom. The Kier molecular flexibility index (Phi) is 7.36. The third-order valence-electron chi connectivity index (χ3n) is 4.29. The minimum atomic E-state index is -0.443. The van der Waals surface area contributed by atoms with Gasteiger partial charge in [0.1, 0.15) is 6.61 Å². The maximum atomic E-state index is 13.8. The van der Waals surface area contributed by atoms with E-state index in [1.807, 2.05) is 11.5 Å². The van der Waals surface area contributed by atoms with Crippen molar-refractivity contribution in [2.75, 3.05) is 13.7 Å². The summed E-state index contributed by atoms with van der Waals surface area (Å²) in [5, 5.41) is 19.9. The number of benzene rings is 2. The highest BCUT2D eigenvalue weighted by atomic mass is 32.2. The van der Waals surface area contributed by atoms with Crippen LogP contribution in [0.15, 0.2) is 53.7 Å². The lowest BCUT2D eigenvalue weighted by atomic mass is 10.2. The molecule has 0 amide bonds. The van der Waals surface area contributed by atoms with Gasteiger partial charge in [-0.1, -0.05) is 36.0 Å². The van der Waals surface area contributed by atoms with Crippen LogP contribution in [0.5, 0.6) is 5.75 Å². The number of thioether (sulfide) groups is 1. The molecule has 0 unspecified atom stereocenters. The molecule has 10 heteroatoms. The first kappa shape index (κ1) is 21.7. The second-order valence-electron chi connectivity index (χ2n) is 6.50. The van der Waals surface area contributed by atoms with E-state index < -0.39 is 10.7 Å². The molecule has 30 heavy (non-hydrogen) atoms. The molecule has 8 nitrogen and oxygen atoms in total. The number of aromatic nitrogens is 3. The fraction of sp³-hybridized carbons (Fsp3) is 0.300. The average molecular weight is 432 g/mol. The second-order valence-corrected chi connectivity index (χ2v) is 7.45. The van der Waals surface area contributed by atoms with Crippen molar-refractivity contribution in [2.24, 2.45) is 0 Å². The molecule has 0 fully saturated rings. The van der Waals surface area contributed by atoms with Crippen LogP contribution in [0.4, 0.5) is 10.1 Å². The van der Waals surface area contributed by atoms with Gasteiger partial charge in [-0.15, -0.1) is 10.2 Å². The number of hydrogen-bond donors (Lipinski definition) is 0. The molecule has 0 spiro atoms. The molecular formula is C20H21FN4O4S. The zero-order valence-corrected chi connectivity index (χ0v) is 17.3. The summed E-state index contributed by atoms with van der Waals surface area (Å²) in [5.41, 5.74) is 0.969. The van der Waals surface area contributed by atoms with Gasteiger partial charge in [0.2, 0.25) is 0 Å². The van der Waals surface area contributed by atoms with Gasteiger partial charge in [0.25, 0.3) is 5.69 Å². The van der Waals surface area contributed by atoms with Crippen LogP contribution in [0.1, 0.15) is 24.4 Å². The van der Waals surface area contributed by atoms with Crippen LogP contribution < -0.4 is 4.74 Å². The zero-order chi connectivity index (χ0) is 21.5. The van der Waals surface area contributed by atoms with E-state index in [1.54, 1.807) is 37.4 Å². The Morgan fingerprint density at radius 3 is 2.60 bits per heavy atom. The SMILES string of the molecule is COC[C@H](C)n1c(COc2ccccc2F)nnc1SCc1ccc([N+](=O)[O-])cc1. The molecule has 0 saturated heterocycles. The number of hydrogen-bond acceptors (Lipinski definition) is 7. The van der Waals surface area contributed by atoms with Gasteiger partial charge in [0.15, 0.2) is 22.5 Å². The van der Waals surface area contributed by atoms with Crippen molar-refractivity contribution >= 4 is 17.4 Å². The van der Waals surface area contributed by atoms with Crippen LogP contribution in [-0.4, -0.2) is 33.4 Å². The number of nitro groups is 1. The number of nitrogens with zero attached hydrogens (tertiary/aromatic N) is 4. The highest BCUT2D eigenvalue weighted by molar-refractivity contribution is 7.98. The van der Waals surface area contributed by atoms with Crippen LogP contribution >= 0.6 is 11.8 Å². The summed E-state index contributed by atoms with van der Waals surface area (Å²) in [6, 6.07) is 12.5. The molecule has 1 heterocycles. The lowest BCUT2D eigenvalue weighted by Gasteiger charge is -2.17. The number of nitro benzene ring substituents is 1. The van der Waals surface area contributed by atoms with Gasteiger partial charge in [-0.2, -0.15) is 0 Å². The quantitative estimate of drug-likeness (QED) is 0.266. The number of non-ortho nitro benzene ring substituents is 1. The van der Waals surface area contributed by atoms with Gasteiger partial charge < -0.3 is 9.47 Å². The van der Waals surface area contributed by atoms with Gasteiger partial charge in [0.05, 0.1) is 17.6 Å². The first-order valence-electron chi connectivity index (χ1n) is 9.15. The molecule has 0 saturated carbocycles. The van der Waals surface area contributed by atoms with E-state index in [-0.39, 0.29) is 24.1 Å². The van der Waals surface area contributed by atoms with Gasteiger partial charge >= 0.3 is 0 Å². The van der Waals surface area contributed by atoms with Crippen molar-refractivity contribution in [3.05, 3.63) is 75.9 Å². The summed E-state index contributed by atoms with van der Waals surface area (Å²) in [6.45, 7) is 2.46. The standard InChI is InChI=1S/C20H21FN4O4S/c1-14(11-28-2)24-19(12-29-18-6-4-3-5-17(18)21)22-23-20(24)30-13-15-7-9-16(10-8-15)25(26)27/h3-10,14H,11-13H2,1-2H3/t14-/m0/s1. The highest BCUT2D eigenvalue weighted by Crippen LogP contribution is 2.27. The smallest absolute Gasteiger partial charge is 0.269 e. The molecule has 0 aliphatic rings. The third-order valence-corrected chi connectivity index (χ3v) is 5.31. The monoisotopic (exact) mass is 432 g/mol. The van der Waals surface area contributed by atoms with E-state index in [4.69, 9.17) is 9.47 Å². The van der Waals surface area contributed by atoms with Crippen LogP contribution in [0.25, 0.3) is 0 Å². The van der Waals surface area contributed by atoms with E-state index in [2.05, 4.69) is 10.2 Å². The predicted octanol–water partition coefficient (Wildman–Crippen LogP) is 4.40. The summed E-state index contributed by atoms with van der Waals surface area (Å²) in [5.74, 6) is 0.811. The fourth-order valence-electron chi connectivity index (χ4n) is 2.83. The summed E-state index contributed by atoms with van der Waals surface area (Å²) >= 11 is 1.45. The van der Waals surface area contributed by atoms with Crippen LogP contribution in [0, 0.1) is 15.9 Å². The molecule has 2 aromatic carbocycles. The van der Waals surface area contributed by atoms with Crippen LogP contribution in [0.3, 0.4) is 0 Å². The summed E-state index contributed by atoms with van der Waals surface area (Å²) in [6.07, 6.45) is 0. The largest absolute Gasteiger partial charge is 0.483 e. The first-order chi connectivity index (χ1) is 14.5. The van der Waals surface area contributed by atoms with E-state index in [0.717, 1.165) is 5.56 Å². The Balaban J connectivity index is 1.75. The van der Waals surface area contributed by atoms with Gasteiger partial charge in [0, 0.05) is 25.0 Å². The molecule has 1 atom stereocenters. The number of halogens is 1. The first-order valence-corrected chi connectivity index (χ1v) is 10.1. The van der Waals surface area contributed by atoms with E-state index >= 15 is 0 Å². The minimum Gasteiger partial charge on any atom is -0.483 e. The van der Waals surface area contributed by atoms with Gasteiger partial charge in [-0.3, -0.25) is 14.7 Å². The number of ether oxygens (including phenoxy) is 2. The zero-order valence-electron chi connectivity index (χ0n) is 16.5. The molecule has 1 aromatic heterocycles. The summed E-state index contributed by atoms with van der Waals surface area (Å²) < 4.78 is 26.6. The highest BCUT2D eigenvalue weighted by Gasteiger charge is 2.19. The van der Waals surface area contributed by atoms with Crippen molar-refractivity contribution in [1.82, 2.24) is 14.8 Å². The van der Waals surface area contributed by atoms with Crippen molar-refractivity contribution in [2.45, 2.75) is 30.5 Å². The normalized spacial score (nSPS) is 12.0. The van der Waals surface area contributed by atoms with Gasteiger partial charge in [-0.25, -0.2) is 4.39 Å². The van der Waals surface area contributed by atoms with Crippen molar-refractivity contribution in [3.63, 3.8) is 0 Å². The number of para-hydroxylation sites is 1. The Bertz CT molecular complexity index is 997. The lowest BCUT2D eigenvalue weighted by Crippen LogP contribution is -2.16. The Hall–Kier alpha value is -2.98. The van der Waals surface area contributed by atoms with Crippen molar-refractivity contribution in [3.8, 4) is 5.75 Å². The van der Waals surface area contributed by atoms with Crippen molar-refractivity contribution < 1.29 is 18.8 Å². The van der Waals surface area contributed by atoms with Crippen LogP contribution in [-0.2, 0) is 17.1 Å². The summed E-state index contributed by atoms with van der Waals surface area (Å²) in [4.78, 5) is 10.4. The molecule has 3 rings (SSSR count). The average Bonchev–Trinajstić information content (AvgIpc) is 3.15. The Morgan fingerprint density at radius 2 is 1.93 bits per heavy atom. The number of rotatable bonds is 10. The number of methoxy groups -OCH3 is 1. The molecule has 3 aromatic rings. The summed E-state index contributed by atoms with van der Waals surface area (Å²) in [7, 11) is 1.61. The maximum absolute atomic E-state index is 13.8. The van der Waals surface area contributed by atoms with E-state index in [9.17, 15) is 14.5 Å². The lowest BCUT2D eigenvalue weighted by molar-refractivity contribution is -0.384. The van der Waals surface area contributed by atoms with E-state index in [0.29, 0.717) is 23.3 Å². The van der Waals surface area contributed by atoms with Gasteiger partial charge in [-0.05, 0) is 24.6 Å². The third kappa shape index (κ3) is 5.33. The maximum Gasteiger partial charge on any atom is 0.269 e. The molecule has 0 bridgehead atoms. The molecule has 0 radical (unpaired) electrons.